The second kappa shape index (κ2) is 40.4. The van der Waals surface area contributed by atoms with Crippen LogP contribution in [0.1, 0.15) is 6.92 Å². The van der Waals surface area contributed by atoms with E-state index < -0.39 is 0 Å². The van der Waals surface area contributed by atoms with Crippen molar-refractivity contribution in [1.29, 1.82) is 0 Å². The van der Waals surface area contributed by atoms with Gasteiger partial charge in [0.25, 0.3) is 0 Å². The van der Waals surface area contributed by atoms with Crippen LogP contribution in [0.2, 0.25) is 0 Å². The molecule has 0 bridgehead atoms. The summed E-state index contributed by atoms with van der Waals surface area (Å²) in [6.07, 6.45) is 0. The molecular weight excluding hydrogens is 135 g/mol. The molecule has 0 aromatic carbocycles. The van der Waals surface area contributed by atoms with Gasteiger partial charge in [0.2, 0.25) is 0 Å². The third-order valence-electron chi connectivity index (χ3n) is 0. The summed E-state index contributed by atoms with van der Waals surface area (Å²) in [6, 6.07) is 0. The van der Waals surface area contributed by atoms with Crippen molar-refractivity contribution in [1.82, 2.24) is 0 Å². The van der Waals surface area contributed by atoms with Crippen LogP contribution in [-0.4, -0.2) is 37.7 Å². The van der Waals surface area contributed by atoms with Gasteiger partial charge in [0.05, 0.1) is 0 Å². The first-order valence-corrected chi connectivity index (χ1v) is 0.707. The van der Waals surface area contributed by atoms with E-state index in [0.29, 0.717) is 0 Å². The molecule has 0 rings (SSSR count). The Hall–Kier alpha value is 1.84. The fraction of sp³-hybridized carbons (Fsp3) is 0.500. The normalized spacial score (nSPS) is 1.20. The molecular formula is C2H5CaCl2. The zero-order valence-corrected chi connectivity index (χ0v) is 6.89. The van der Waals surface area contributed by atoms with Gasteiger partial charge in [0.15, 0.2) is 0 Å². The Morgan fingerprint density at radius 3 is 1.00 bits per heavy atom. The first-order chi connectivity index (χ1) is 1.00. The molecule has 0 saturated heterocycles. The van der Waals surface area contributed by atoms with Crippen LogP contribution in [0.4, 0.5) is 0 Å². The van der Waals surface area contributed by atoms with Gasteiger partial charge in [0, 0.05) is 0 Å². The van der Waals surface area contributed by atoms with Gasteiger partial charge in [0.1, 0.15) is 0 Å². The molecule has 29 valence electrons. The average molecular weight is 140 g/mol. The molecule has 0 aliphatic heterocycles. The first-order valence-electron chi connectivity index (χ1n) is 0.707. The average Bonchev–Trinajstić information content (AvgIpc) is 1.00. The number of hydrogen-bond acceptors (Lipinski definition) is 0. The van der Waals surface area contributed by atoms with Crippen molar-refractivity contribution in [2.24, 2.45) is 0 Å². The zero-order chi connectivity index (χ0) is 2.00. The first kappa shape index (κ1) is 28.9. The molecule has 0 heterocycles. The molecule has 0 spiro atoms. The predicted octanol–water partition coefficient (Wildman–Crippen LogP) is -5.53. The fourth-order valence-corrected chi connectivity index (χ4v) is 0. The predicted molar refractivity (Wildman–Crippen MR) is 16.8 cm³/mol. The molecule has 0 aromatic heterocycles. The second-order valence-corrected chi connectivity index (χ2v) is 0. The molecule has 0 nitrogen and oxygen atoms in total. The van der Waals surface area contributed by atoms with E-state index in [1.165, 1.54) is 0 Å². The summed E-state index contributed by atoms with van der Waals surface area (Å²) >= 11 is 0. The van der Waals surface area contributed by atoms with Crippen LogP contribution < -0.4 is 24.8 Å². The topological polar surface area (TPSA) is 0 Å². The zero-order valence-electron chi connectivity index (χ0n) is 3.17. The van der Waals surface area contributed by atoms with Crippen LogP contribution in [0.3, 0.4) is 0 Å². The van der Waals surface area contributed by atoms with Crippen LogP contribution in [0.25, 0.3) is 0 Å². The molecule has 0 aromatic rings. The second-order valence-electron chi connectivity index (χ2n) is 0. The summed E-state index contributed by atoms with van der Waals surface area (Å²) in [4.78, 5) is 0. The Labute approximate surface area is 75.5 Å². The summed E-state index contributed by atoms with van der Waals surface area (Å²) in [5.74, 6) is 0. The van der Waals surface area contributed by atoms with E-state index in [-0.39, 0.29) is 62.6 Å². The minimum Gasteiger partial charge on any atom is -1.00 e. The summed E-state index contributed by atoms with van der Waals surface area (Å²) < 4.78 is 0. The van der Waals surface area contributed by atoms with Crippen LogP contribution in [0, 0.1) is 6.92 Å². The minimum absolute atomic E-state index is 0. The molecule has 0 unspecified atom stereocenters. The van der Waals surface area contributed by atoms with Gasteiger partial charge in [-0.3, -0.25) is 0 Å². The van der Waals surface area contributed by atoms with E-state index in [0.717, 1.165) is 0 Å². The smallest absolute Gasteiger partial charge is 1.00 e. The van der Waals surface area contributed by atoms with Gasteiger partial charge in [-0.2, -0.15) is 0 Å². The Kier molecular flexibility index (Phi) is 234. The van der Waals surface area contributed by atoms with Crippen LogP contribution in [-0.2, 0) is 0 Å². The minimum atomic E-state index is 0. The maximum absolute atomic E-state index is 3.25. The third kappa shape index (κ3) is 25.4. The summed E-state index contributed by atoms with van der Waals surface area (Å²) in [7, 11) is 0. The van der Waals surface area contributed by atoms with Crippen molar-refractivity contribution in [3.8, 4) is 0 Å². The van der Waals surface area contributed by atoms with E-state index >= 15 is 0 Å². The molecule has 1 radical (unpaired) electrons. The van der Waals surface area contributed by atoms with Gasteiger partial charge in [-0.15, -0.1) is 0 Å². The molecule has 0 fully saturated rings. The molecule has 0 atom stereocenters. The maximum atomic E-state index is 3.25. The summed E-state index contributed by atoms with van der Waals surface area (Å²) in [5.41, 5.74) is 0. The number of hydrogen-bond donors (Lipinski definition) is 0. The molecule has 3 heteroatoms. The Bertz CT molecular complexity index is 7.61. The fourth-order valence-electron chi connectivity index (χ4n) is 0. The number of rotatable bonds is 0. The summed E-state index contributed by atoms with van der Waals surface area (Å²) in [6.45, 7) is 5.00. The van der Waals surface area contributed by atoms with Crippen molar-refractivity contribution < 1.29 is 24.8 Å². The standard InChI is InChI=1S/C2H5.Ca.2ClH/c1-2;;;/h1H2,2H3;;2*1H/q;+2;;/p-2. The van der Waals surface area contributed by atoms with Crippen LogP contribution in [0.5, 0.6) is 0 Å². The Balaban J connectivity index is -0.00000000167. The quantitative estimate of drug-likeness (QED) is 0.294. The van der Waals surface area contributed by atoms with Crippen molar-refractivity contribution in [3.05, 3.63) is 6.92 Å². The van der Waals surface area contributed by atoms with Crippen LogP contribution in [0.15, 0.2) is 0 Å². The molecule has 0 saturated carbocycles. The third-order valence-corrected chi connectivity index (χ3v) is 0. The van der Waals surface area contributed by atoms with Gasteiger partial charge in [-0.1, -0.05) is 13.8 Å². The van der Waals surface area contributed by atoms with Gasteiger partial charge >= 0.3 is 37.7 Å². The van der Waals surface area contributed by atoms with Gasteiger partial charge < -0.3 is 24.8 Å². The summed E-state index contributed by atoms with van der Waals surface area (Å²) in [5, 5.41) is 0. The van der Waals surface area contributed by atoms with E-state index in [2.05, 4.69) is 6.92 Å². The largest absolute Gasteiger partial charge is 2.00 e. The van der Waals surface area contributed by atoms with Crippen molar-refractivity contribution in [2.75, 3.05) is 0 Å². The Morgan fingerprint density at radius 1 is 1.00 bits per heavy atom. The van der Waals surface area contributed by atoms with Crippen molar-refractivity contribution in [3.63, 3.8) is 0 Å². The maximum Gasteiger partial charge on any atom is 2.00 e. The van der Waals surface area contributed by atoms with Gasteiger partial charge in [-0.05, 0) is 0 Å². The number of halogens is 2. The van der Waals surface area contributed by atoms with E-state index in [9.17, 15) is 0 Å². The van der Waals surface area contributed by atoms with Gasteiger partial charge in [-0.25, -0.2) is 0 Å². The molecule has 5 heavy (non-hydrogen) atoms. The van der Waals surface area contributed by atoms with E-state index in [4.69, 9.17) is 0 Å². The Morgan fingerprint density at radius 2 is 1.00 bits per heavy atom. The van der Waals surface area contributed by atoms with E-state index in [1.807, 2.05) is 0 Å². The molecule has 0 N–H and O–H groups in total. The molecule has 0 aliphatic rings. The SMILES string of the molecule is [CH2]C.[Ca+2].[Cl-].[Cl-]. The molecule has 0 amide bonds. The van der Waals surface area contributed by atoms with Crippen LogP contribution >= 0.6 is 0 Å². The van der Waals surface area contributed by atoms with Crippen molar-refractivity contribution in [2.45, 2.75) is 6.92 Å². The van der Waals surface area contributed by atoms with E-state index in [1.54, 1.807) is 6.92 Å². The molecule has 0 aliphatic carbocycles. The monoisotopic (exact) mass is 139 g/mol. The van der Waals surface area contributed by atoms with Crippen molar-refractivity contribution >= 4 is 37.7 Å².